The molecule has 0 unspecified atom stereocenters. The summed E-state index contributed by atoms with van der Waals surface area (Å²) in [5.74, 6) is 0.162. The number of aromatic nitrogens is 3. The molecule has 1 heterocycles. The number of benzene rings is 1. The fraction of sp³-hybridized carbons (Fsp3) is 0.0833. The molecule has 6 heteroatoms. The van der Waals surface area contributed by atoms with Gasteiger partial charge in [0, 0.05) is 12.1 Å². The van der Waals surface area contributed by atoms with E-state index in [0.717, 1.165) is 0 Å². The fourth-order valence-electron chi connectivity index (χ4n) is 1.48. The molecule has 2 N–H and O–H groups in total. The summed E-state index contributed by atoms with van der Waals surface area (Å²) in [7, 11) is 0. The van der Waals surface area contributed by atoms with Crippen LogP contribution in [0, 0.1) is 4.77 Å². The predicted octanol–water partition coefficient (Wildman–Crippen LogP) is 2.23. The number of nitrogens with zero attached hydrogens (tertiary/aromatic N) is 2. The summed E-state index contributed by atoms with van der Waals surface area (Å²) in [6.45, 7) is 4.10. The standard InChI is InChI=1S/C12H12N4OS/c1-2-8-13-11-14-15-12(18)16(11)10(17)9-6-4-3-5-7-9/h2-7H,1,8H2,(H,13,14)(H,15,18). The van der Waals surface area contributed by atoms with Gasteiger partial charge in [0.1, 0.15) is 0 Å². The van der Waals surface area contributed by atoms with Gasteiger partial charge < -0.3 is 5.32 Å². The van der Waals surface area contributed by atoms with Crippen LogP contribution in [0.25, 0.3) is 0 Å². The van der Waals surface area contributed by atoms with Crippen LogP contribution < -0.4 is 5.32 Å². The Morgan fingerprint density at radius 1 is 1.50 bits per heavy atom. The van der Waals surface area contributed by atoms with E-state index < -0.39 is 0 Å². The van der Waals surface area contributed by atoms with Crippen molar-refractivity contribution in [2.24, 2.45) is 0 Å². The molecule has 0 aliphatic heterocycles. The maximum atomic E-state index is 12.3. The summed E-state index contributed by atoms with van der Waals surface area (Å²) in [4.78, 5) is 12.3. The molecule has 0 amide bonds. The quantitative estimate of drug-likeness (QED) is 0.653. The van der Waals surface area contributed by atoms with E-state index in [0.29, 0.717) is 18.1 Å². The predicted molar refractivity (Wildman–Crippen MR) is 72.3 cm³/mol. The summed E-state index contributed by atoms with van der Waals surface area (Å²) >= 11 is 5.06. The number of anilines is 1. The Morgan fingerprint density at radius 2 is 2.22 bits per heavy atom. The van der Waals surface area contributed by atoms with Gasteiger partial charge >= 0.3 is 0 Å². The summed E-state index contributed by atoms with van der Waals surface area (Å²) in [5.41, 5.74) is 0.552. The summed E-state index contributed by atoms with van der Waals surface area (Å²) in [6, 6.07) is 8.91. The first-order valence-corrected chi connectivity index (χ1v) is 5.77. The lowest BCUT2D eigenvalue weighted by Crippen LogP contribution is -2.16. The van der Waals surface area contributed by atoms with E-state index in [1.165, 1.54) is 4.57 Å². The minimum Gasteiger partial charge on any atom is -0.351 e. The average molecular weight is 260 g/mol. The first-order chi connectivity index (χ1) is 8.74. The van der Waals surface area contributed by atoms with Gasteiger partial charge in [-0.1, -0.05) is 24.3 Å². The van der Waals surface area contributed by atoms with Crippen LogP contribution in [0.1, 0.15) is 10.4 Å². The molecule has 0 saturated heterocycles. The second-order valence-corrected chi connectivity index (χ2v) is 3.92. The highest BCUT2D eigenvalue weighted by Crippen LogP contribution is 2.09. The molecule has 1 aromatic heterocycles. The Bertz CT molecular complexity index is 615. The lowest BCUT2D eigenvalue weighted by molar-refractivity contribution is 0.0960. The van der Waals surface area contributed by atoms with E-state index in [1.807, 2.05) is 6.07 Å². The minimum absolute atomic E-state index is 0.221. The van der Waals surface area contributed by atoms with Gasteiger partial charge in [0.25, 0.3) is 5.91 Å². The second-order valence-electron chi connectivity index (χ2n) is 3.53. The molecule has 0 aliphatic rings. The van der Waals surface area contributed by atoms with Crippen LogP contribution in [-0.2, 0) is 0 Å². The molecule has 0 bridgehead atoms. The minimum atomic E-state index is -0.221. The van der Waals surface area contributed by atoms with Crippen LogP contribution in [0.4, 0.5) is 5.95 Å². The Labute approximate surface area is 109 Å². The molecule has 0 saturated carbocycles. The number of rotatable bonds is 4. The summed E-state index contributed by atoms with van der Waals surface area (Å²) < 4.78 is 1.59. The van der Waals surface area contributed by atoms with Gasteiger partial charge in [-0.2, -0.15) is 0 Å². The molecule has 0 spiro atoms. The number of H-pyrrole nitrogens is 1. The van der Waals surface area contributed by atoms with Crippen molar-refractivity contribution in [3.8, 4) is 0 Å². The van der Waals surface area contributed by atoms with Gasteiger partial charge in [0.15, 0.2) is 0 Å². The van der Waals surface area contributed by atoms with E-state index in [-0.39, 0.29) is 10.7 Å². The van der Waals surface area contributed by atoms with Gasteiger partial charge in [-0.05, 0) is 24.4 Å². The molecule has 0 aliphatic carbocycles. The highest BCUT2D eigenvalue weighted by Gasteiger charge is 2.14. The number of aromatic amines is 1. The molecule has 92 valence electrons. The van der Waals surface area contributed by atoms with Crippen LogP contribution >= 0.6 is 12.2 Å². The van der Waals surface area contributed by atoms with Gasteiger partial charge in [0.2, 0.25) is 10.7 Å². The van der Waals surface area contributed by atoms with E-state index in [1.54, 1.807) is 30.3 Å². The van der Waals surface area contributed by atoms with Crippen LogP contribution in [0.5, 0.6) is 0 Å². The molecule has 2 aromatic rings. The van der Waals surface area contributed by atoms with Crippen molar-refractivity contribution >= 4 is 24.1 Å². The van der Waals surface area contributed by atoms with Crippen molar-refractivity contribution in [1.29, 1.82) is 0 Å². The van der Waals surface area contributed by atoms with Gasteiger partial charge in [-0.3, -0.25) is 4.79 Å². The van der Waals surface area contributed by atoms with Crippen LogP contribution in [-0.4, -0.2) is 27.2 Å². The van der Waals surface area contributed by atoms with Gasteiger partial charge in [0.05, 0.1) is 0 Å². The second kappa shape index (κ2) is 5.42. The largest absolute Gasteiger partial charge is 0.351 e. The van der Waals surface area contributed by atoms with Crippen molar-refractivity contribution < 1.29 is 4.79 Å². The van der Waals surface area contributed by atoms with E-state index in [2.05, 4.69) is 22.1 Å². The Hall–Kier alpha value is -2.21. The van der Waals surface area contributed by atoms with Crippen molar-refractivity contribution in [3.05, 3.63) is 53.3 Å². The lowest BCUT2D eigenvalue weighted by atomic mass is 10.2. The number of carbonyl (C=O) groups is 1. The fourth-order valence-corrected chi connectivity index (χ4v) is 1.69. The third-order valence-electron chi connectivity index (χ3n) is 2.30. The molecule has 18 heavy (non-hydrogen) atoms. The van der Waals surface area contributed by atoms with Gasteiger partial charge in [-0.25, -0.2) is 9.67 Å². The van der Waals surface area contributed by atoms with Crippen LogP contribution in [0.3, 0.4) is 0 Å². The maximum Gasteiger partial charge on any atom is 0.267 e. The SMILES string of the molecule is C=CCNc1n[nH]c(=S)n1C(=O)c1ccccc1. The zero-order valence-electron chi connectivity index (χ0n) is 9.59. The molecule has 1 aromatic carbocycles. The molecule has 0 fully saturated rings. The monoisotopic (exact) mass is 260 g/mol. The Kier molecular flexibility index (Phi) is 3.69. The van der Waals surface area contributed by atoms with Crippen molar-refractivity contribution in [2.75, 3.05) is 11.9 Å². The highest BCUT2D eigenvalue weighted by atomic mass is 32.1. The molecule has 0 radical (unpaired) electrons. The van der Waals surface area contributed by atoms with Crippen molar-refractivity contribution in [1.82, 2.24) is 14.8 Å². The highest BCUT2D eigenvalue weighted by molar-refractivity contribution is 7.71. The van der Waals surface area contributed by atoms with E-state index in [4.69, 9.17) is 12.2 Å². The summed E-state index contributed by atoms with van der Waals surface area (Å²) in [5, 5.41) is 9.51. The molecular weight excluding hydrogens is 248 g/mol. The van der Waals surface area contributed by atoms with E-state index >= 15 is 0 Å². The summed E-state index contributed by atoms with van der Waals surface area (Å²) in [6.07, 6.45) is 1.68. The number of nitrogens with one attached hydrogen (secondary N) is 2. The molecule has 5 nitrogen and oxygen atoms in total. The normalized spacial score (nSPS) is 10.0. The smallest absolute Gasteiger partial charge is 0.267 e. The Morgan fingerprint density at radius 3 is 2.89 bits per heavy atom. The number of hydrogen-bond donors (Lipinski definition) is 2. The van der Waals surface area contributed by atoms with Gasteiger partial charge in [-0.15, -0.1) is 11.7 Å². The molecule has 2 rings (SSSR count). The third-order valence-corrected chi connectivity index (χ3v) is 2.57. The zero-order valence-corrected chi connectivity index (χ0v) is 10.4. The van der Waals surface area contributed by atoms with Crippen molar-refractivity contribution in [3.63, 3.8) is 0 Å². The van der Waals surface area contributed by atoms with E-state index in [9.17, 15) is 4.79 Å². The van der Waals surface area contributed by atoms with Crippen LogP contribution in [0.15, 0.2) is 43.0 Å². The van der Waals surface area contributed by atoms with Crippen molar-refractivity contribution in [2.45, 2.75) is 0 Å². The third kappa shape index (κ3) is 2.38. The average Bonchev–Trinajstić information content (AvgIpc) is 2.77. The van der Waals surface area contributed by atoms with Crippen LogP contribution in [0.2, 0.25) is 0 Å². The number of carbonyl (C=O) groups excluding carboxylic acids is 1. The first-order valence-electron chi connectivity index (χ1n) is 5.36. The maximum absolute atomic E-state index is 12.3. The lowest BCUT2D eigenvalue weighted by Gasteiger charge is -2.05. The first kappa shape index (κ1) is 12.3. The number of hydrogen-bond acceptors (Lipinski definition) is 4. The zero-order chi connectivity index (χ0) is 13.0. The molecular formula is C12H12N4OS. The Balaban J connectivity index is 2.38. The molecule has 0 atom stereocenters. The topological polar surface area (TPSA) is 62.7 Å².